The Morgan fingerprint density at radius 3 is 2.10 bits per heavy atom. The average molecular weight is 303 g/mol. The molecule has 0 aliphatic carbocycles. The molecule has 0 aromatic heterocycles. The topological polar surface area (TPSA) is 38.3 Å². The molecule has 0 unspecified atom stereocenters. The van der Waals surface area contributed by atoms with Gasteiger partial charge in [-0.25, -0.2) is 0 Å². The summed E-state index contributed by atoms with van der Waals surface area (Å²) in [4.78, 5) is 0. The van der Waals surface area contributed by atoms with E-state index < -0.39 is 7.52 Å². The van der Waals surface area contributed by atoms with Crippen molar-refractivity contribution in [3.63, 3.8) is 0 Å². The molecule has 2 aromatic carbocycles. The van der Waals surface area contributed by atoms with Crippen LogP contribution in [-0.4, -0.2) is 6.66 Å². The van der Waals surface area contributed by atoms with E-state index in [1.165, 1.54) is 5.56 Å². The molecule has 1 N–H and O–H groups in total. The Morgan fingerprint density at radius 1 is 0.905 bits per heavy atom. The van der Waals surface area contributed by atoms with Crippen LogP contribution in [0.2, 0.25) is 0 Å². The number of nitrogens with one attached hydrogen (secondary N) is 1. The second kappa shape index (κ2) is 5.95. The quantitative estimate of drug-likeness (QED) is 0.785. The Kier molecular flexibility index (Phi) is 4.43. The molecule has 0 saturated heterocycles. The van der Waals surface area contributed by atoms with Crippen LogP contribution < -0.4 is 9.61 Å². The summed E-state index contributed by atoms with van der Waals surface area (Å²) < 4.78 is 18.4. The molecule has 0 heterocycles. The van der Waals surface area contributed by atoms with E-state index in [1.54, 1.807) is 6.66 Å². The minimum absolute atomic E-state index is 0.635. The van der Waals surface area contributed by atoms with E-state index in [2.05, 4.69) is 17.2 Å². The number of hydrogen-bond acceptors (Lipinski definition) is 2. The lowest BCUT2D eigenvalue weighted by atomic mass is 10.1. The van der Waals surface area contributed by atoms with Crippen LogP contribution in [0.25, 0.3) is 0 Å². The molecule has 2 rings (SSSR count). The summed E-state index contributed by atoms with van der Waals surface area (Å²) in [6.07, 6.45) is 0. The maximum absolute atomic E-state index is 12.7. The normalized spacial score (nSPS) is 13.6. The van der Waals surface area contributed by atoms with Gasteiger partial charge in [-0.15, -0.1) is 0 Å². The third kappa shape index (κ3) is 4.37. The monoisotopic (exact) mass is 303 g/mol. The van der Waals surface area contributed by atoms with Crippen molar-refractivity contribution in [1.29, 1.82) is 0 Å². The van der Waals surface area contributed by atoms with Gasteiger partial charge in [-0.1, -0.05) is 23.8 Å². The minimum Gasteiger partial charge on any atom is -0.429 e. The smallest absolute Gasteiger partial charge is 0.338 e. The maximum atomic E-state index is 12.7. The van der Waals surface area contributed by atoms with E-state index in [9.17, 15) is 4.57 Å². The van der Waals surface area contributed by atoms with Crippen molar-refractivity contribution in [1.82, 2.24) is 0 Å². The van der Waals surface area contributed by atoms with E-state index in [0.29, 0.717) is 5.75 Å². The van der Waals surface area contributed by atoms with Gasteiger partial charge >= 0.3 is 7.52 Å². The van der Waals surface area contributed by atoms with Gasteiger partial charge in [0.25, 0.3) is 0 Å². The van der Waals surface area contributed by atoms with E-state index in [0.717, 1.165) is 22.4 Å². The second-order valence-corrected chi connectivity index (χ2v) is 7.79. The molecule has 0 bridgehead atoms. The van der Waals surface area contributed by atoms with Gasteiger partial charge in [0.1, 0.15) is 5.75 Å². The first-order valence-corrected chi connectivity index (χ1v) is 9.03. The Bertz CT molecular complexity index is 690. The fourth-order valence-corrected chi connectivity index (χ4v) is 3.61. The summed E-state index contributed by atoms with van der Waals surface area (Å²) >= 11 is 0. The fraction of sp³-hybridized carbons (Fsp3) is 0.294. The molecule has 0 amide bonds. The Hall–Kier alpha value is -1.73. The molecular weight excluding hydrogens is 281 g/mol. The van der Waals surface area contributed by atoms with Gasteiger partial charge in [-0.05, 0) is 62.6 Å². The SMILES string of the molecule is Cc1cc(C)cc(O[P@](C)(=O)Nc2ccc(C)cc2C)c1. The summed E-state index contributed by atoms with van der Waals surface area (Å²) in [7, 11) is -2.97. The summed E-state index contributed by atoms with van der Waals surface area (Å²) in [5.41, 5.74) is 5.27. The summed E-state index contributed by atoms with van der Waals surface area (Å²) in [6, 6.07) is 11.8. The van der Waals surface area contributed by atoms with Crippen molar-refractivity contribution >= 4 is 13.2 Å². The molecule has 21 heavy (non-hydrogen) atoms. The lowest BCUT2D eigenvalue weighted by molar-refractivity contribution is 0.493. The van der Waals surface area contributed by atoms with E-state index in [-0.39, 0.29) is 0 Å². The largest absolute Gasteiger partial charge is 0.429 e. The van der Waals surface area contributed by atoms with Gasteiger partial charge in [-0.3, -0.25) is 4.57 Å². The Labute approximate surface area is 126 Å². The summed E-state index contributed by atoms with van der Waals surface area (Å²) in [6.45, 7) is 9.63. The standard InChI is InChI=1S/C17H22NO2P/c1-12-6-7-17(15(4)9-12)18-21(5,19)20-16-10-13(2)8-14(3)11-16/h6-11H,1-5H3,(H,18,19)/t21-/m0/s1. The van der Waals surface area contributed by atoms with Gasteiger partial charge in [0.15, 0.2) is 0 Å². The predicted molar refractivity (Wildman–Crippen MR) is 89.6 cm³/mol. The highest BCUT2D eigenvalue weighted by Crippen LogP contribution is 2.44. The van der Waals surface area contributed by atoms with Gasteiger partial charge in [0, 0.05) is 12.4 Å². The molecule has 112 valence electrons. The van der Waals surface area contributed by atoms with Crippen LogP contribution in [0, 0.1) is 27.7 Å². The molecule has 4 heteroatoms. The first-order chi connectivity index (χ1) is 9.75. The van der Waals surface area contributed by atoms with Crippen molar-refractivity contribution in [2.75, 3.05) is 11.8 Å². The number of aryl methyl sites for hydroxylation is 4. The first-order valence-electron chi connectivity index (χ1n) is 6.96. The molecule has 0 aliphatic heterocycles. The van der Waals surface area contributed by atoms with Crippen LogP contribution in [0.5, 0.6) is 5.75 Å². The zero-order valence-corrected chi connectivity index (χ0v) is 14.1. The lowest BCUT2D eigenvalue weighted by Gasteiger charge is -2.19. The third-order valence-corrected chi connectivity index (χ3v) is 4.39. The van der Waals surface area contributed by atoms with Crippen LogP contribution in [0.3, 0.4) is 0 Å². The van der Waals surface area contributed by atoms with Gasteiger partial charge in [-0.2, -0.15) is 0 Å². The van der Waals surface area contributed by atoms with Crippen LogP contribution in [0.1, 0.15) is 22.3 Å². The average Bonchev–Trinajstić information content (AvgIpc) is 2.30. The molecule has 0 aliphatic rings. The Morgan fingerprint density at radius 2 is 1.52 bits per heavy atom. The van der Waals surface area contributed by atoms with Crippen LogP contribution in [0.4, 0.5) is 5.69 Å². The number of benzene rings is 2. The molecular formula is C17H22NO2P. The minimum atomic E-state index is -2.97. The molecule has 0 fully saturated rings. The third-order valence-electron chi connectivity index (χ3n) is 3.18. The van der Waals surface area contributed by atoms with Gasteiger partial charge in [0.05, 0.1) is 0 Å². The highest BCUT2D eigenvalue weighted by atomic mass is 31.2. The molecule has 0 spiro atoms. The molecule has 2 aromatic rings. The predicted octanol–water partition coefficient (Wildman–Crippen LogP) is 5.23. The van der Waals surface area contributed by atoms with Crippen LogP contribution in [-0.2, 0) is 4.57 Å². The van der Waals surface area contributed by atoms with Crippen molar-refractivity contribution in [3.05, 3.63) is 58.7 Å². The molecule has 0 saturated carbocycles. The van der Waals surface area contributed by atoms with E-state index >= 15 is 0 Å². The van der Waals surface area contributed by atoms with Crippen molar-refractivity contribution in [3.8, 4) is 5.75 Å². The summed E-state index contributed by atoms with van der Waals surface area (Å²) in [5, 5.41) is 3.03. The number of rotatable bonds is 4. The van der Waals surface area contributed by atoms with Crippen LogP contribution >= 0.6 is 7.52 Å². The highest BCUT2D eigenvalue weighted by Gasteiger charge is 2.18. The zero-order chi connectivity index (χ0) is 15.6. The molecule has 1 atom stereocenters. The van der Waals surface area contributed by atoms with Crippen LogP contribution in [0.15, 0.2) is 36.4 Å². The highest BCUT2D eigenvalue weighted by molar-refractivity contribution is 7.60. The Balaban J connectivity index is 2.20. The van der Waals surface area contributed by atoms with Gasteiger partial charge in [0.2, 0.25) is 0 Å². The zero-order valence-electron chi connectivity index (χ0n) is 13.2. The summed E-state index contributed by atoms with van der Waals surface area (Å²) in [5.74, 6) is 0.635. The second-order valence-electron chi connectivity index (χ2n) is 5.69. The fourth-order valence-electron chi connectivity index (χ4n) is 2.37. The molecule has 0 radical (unpaired) electrons. The first kappa shape index (κ1) is 15.7. The van der Waals surface area contributed by atoms with Gasteiger partial charge < -0.3 is 9.61 Å². The van der Waals surface area contributed by atoms with Crippen molar-refractivity contribution < 1.29 is 9.09 Å². The lowest BCUT2D eigenvalue weighted by Crippen LogP contribution is -2.04. The van der Waals surface area contributed by atoms with Crippen molar-refractivity contribution in [2.24, 2.45) is 0 Å². The number of hydrogen-bond donors (Lipinski definition) is 1. The van der Waals surface area contributed by atoms with E-state index in [1.807, 2.05) is 52.0 Å². The van der Waals surface area contributed by atoms with Crippen molar-refractivity contribution in [2.45, 2.75) is 27.7 Å². The van der Waals surface area contributed by atoms with E-state index in [4.69, 9.17) is 4.52 Å². The maximum Gasteiger partial charge on any atom is 0.338 e. The molecule has 3 nitrogen and oxygen atoms in total. The number of anilines is 1.